The molecule has 3 rings (SSSR count). The van der Waals surface area contributed by atoms with Gasteiger partial charge in [-0.15, -0.1) is 0 Å². The van der Waals surface area contributed by atoms with Crippen LogP contribution in [-0.4, -0.2) is 47.0 Å². The molecule has 1 saturated heterocycles. The third-order valence-corrected chi connectivity index (χ3v) is 3.98. The Hall–Kier alpha value is -2.77. The van der Waals surface area contributed by atoms with Crippen molar-refractivity contribution in [1.29, 1.82) is 0 Å². The van der Waals surface area contributed by atoms with E-state index in [9.17, 15) is 9.18 Å². The van der Waals surface area contributed by atoms with Crippen molar-refractivity contribution in [3.63, 3.8) is 0 Å². The van der Waals surface area contributed by atoms with Crippen LogP contribution < -0.4 is 15.5 Å². The number of hydrogen-bond donors (Lipinski definition) is 2. The summed E-state index contributed by atoms with van der Waals surface area (Å²) < 4.78 is 13.5. The van der Waals surface area contributed by atoms with Crippen LogP contribution in [0.25, 0.3) is 0 Å². The molecule has 0 saturated carbocycles. The molecule has 0 unspecified atom stereocenters. The molecule has 0 bridgehead atoms. The molecular weight excluding hydrogens is 323 g/mol. The fraction of sp³-hybridized carbons (Fsp3) is 0.412. The van der Waals surface area contributed by atoms with Gasteiger partial charge in [0.05, 0.1) is 11.8 Å². The molecule has 25 heavy (non-hydrogen) atoms. The summed E-state index contributed by atoms with van der Waals surface area (Å²) in [6.07, 6.45) is 4.77. The minimum Gasteiger partial charge on any atom is -0.356 e. The molecule has 0 aromatic carbocycles. The number of aromatic nitrogens is 3. The number of carbonyl (C=O) groups is 1. The molecule has 1 aliphatic rings. The molecule has 0 radical (unpaired) electrons. The highest BCUT2D eigenvalue weighted by atomic mass is 19.1. The maximum Gasteiger partial charge on any atom is 0.254 e. The Balaban J connectivity index is 1.52. The van der Waals surface area contributed by atoms with E-state index in [0.717, 1.165) is 30.8 Å². The Labute approximate surface area is 145 Å². The number of aryl methyl sites for hydroxylation is 1. The fourth-order valence-corrected chi connectivity index (χ4v) is 2.74. The van der Waals surface area contributed by atoms with E-state index in [1.165, 1.54) is 25.1 Å². The van der Waals surface area contributed by atoms with Gasteiger partial charge in [-0.2, -0.15) is 4.98 Å². The van der Waals surface area contributed by atoms with Gasteiger partial charge in [0.1, 0.15) is 5.82 Å². The van der Waals surface area contributed by atoms with E-state index < -0.39 is 11.7 Å². The first kappa shape index (κ1) is 17.1. The van der Waals surface area contributed by atoms with Crippen LogP contribution >= 0.6 is 0 Å². The molecule has 1 aliphatic heterocycles. The third-order valence-electron chi connectivity index (χ3n) is 3.98. The van der Waals surface area contributed by atoms with E-state index in [1.807, 2.05) is 13.0 Å². The summed E-state index contributed by atoms with van der Waals surface area (Å²) in [7, 11) is 0. The Bertz CT molecular complexity index is 748. The molecule has 7 nitrogen and oxygen atoms in total. The van der Waals surface area contributed by atoms with Crippen LogP contribution in [-0.2, 0) is 0 Å². The second kappa shape index (κ2) is 7.87. The van der Waals surface area contributed by atoms with Crippen LogP contribution in [0.5, 0.6) is 0 Å². The van der Waals surface area contributed by atoms with E-state index in [4.69, 9.17) is 0 Å². The first-order valence-corrected chi connectivity index (χ1v) is 8.36. The van der Waals surface area contributed by atoms with Gasteiger partial charge in [0.2, 0.25) is 5.95 Å². The minimum absolute atomic E-state index is 0.0156. The molecule has 2 aromatic rings. The zero-order chi connectivity index (χ0) is 17.6. The van der Waals surface area contributed by atoms with Gasteiger partial charge in [0.15, 0.2) is 5.82 Å². The van der Waals surface area contributed by atoms with Gasteiger partial charge in [0.25, 0.3) is 5.91 Å². The quantitative estimate of drug-likeness (QED) is 0.777. The zero-order valence-corrected chi connectivity index (χ0v) is 14.1. The van der Waals surface area contributed by atoms with Crippen LogP contribution in [0.4, 0.5) is 16.2 Å². The predicted molar refractivity (Wildman–Crippen MR) is 93.2 cm³/mol. The van der Waals surface area contributed by atoms with E-state index in [1.54, 1.807) is 0 Å². The number of anilines is 2. The number of amides is 1. The molecule has 132 valence electrons. The lowest BCUT2D eigenvalue weighted by atomic mass is 10.2. The standard InChI is InChI=1S/C17H21FN6O/c1-12-10-15(24-8-2-3-9-24)23-17(22-12)21-7-6-20-16(25)13-4-5-19-11-14(13)18/h4-5,10-11H,2-3,6-9H2,1H3,(H,20,25)(H,21,22,23). The van der Waals surface area contributed by atoms with Gasteiger partial charge >= 0.3 is 0 Å². The Morgan fingerprint density at radius 1 is 1.28 bits per heavy atom. The van der Waals surface area contributed by atoms with Crippen molar-refractivity contribution in [3.8, 4) is 0 Å². The summed E-state index contributed by atoms with van der Waals surface area (Å²) in [6.45, 7) is 4.74. The van der Waals surface area contributed by atoms with Crippen molar-refractivity contribution in [2.75, 3.05) is 36.4 Å². The van der Waals surface area contributed by atoms with Crippen molar-refractivity contribution in [2.24, 2.45) is 0 Å². The van der Waals surface area contributed by atoms with Crippen molar-refractivity contribution >= 4 is 17.7 Å². The maximum absolute atomic E-state index is 13.5. The van der Waals surface area contributed by atoms with Crippen LogP contribution in [0.3, 0.4) is 0 Å². The molecule has 2 N–H and O–H groups in total. The summed E-state index contributed by atoms with van der Waals surface area (Å²) in [6, 6.07) is 3.33. The van der Waals surface area contributed by atoms with Gasteiger partial charge in [-0.05, 0) is 25.8 Å². The number of pyridine rings is 1. The maximum atomic E-state index is 13.5. The molecule has 0 spiro atoms. The van der Waals surface area contributed by atoms with Gasteiger partial charge in [-0.25, -0.2) is 9.37 Å². The predicted octanol–water partition coefficient (Wildman–Crippen LogP) is 1.76. The van der Waals surface area contributed by atoms with Gasteiger partial charge in [0, 0.05) is 44.1 Å². The average Bonchev–Trinajstić information content (AvgIpc) is 3.13. The highest BCUT2D eigenvalue weighted by molar-refractivity contribution is 5.94. The second-order valence-corrected chi connectivity index (χ2v) is 5.92. The van der Waals surface area contributed by atoms with E-state index in [0.29, 0.717) is 19.0 Å². The van der Waals surface area contributed by atoms with E-state index in [-0.39, 0.29) is 5.56 Å². The highest BCUT2D eigenvalue weighted by Gasteiger charge is 2.15. The summed E-state index contributed by atoms with van der Waals surface area (Å²) in [5.74, 6) is 0.358. The van der Waals surface area contributed by atoms with Crippen molar-refractivity contribution in [2.45, 2.75) is 19.8 Å². The summed E-state index contributed by atoms with van der Waals surface area (Å²) in [5.41, 5.74) is 0.875. The number of nitrogens with one attached hydrogen (secondary N) is 2. The van der Waals surface area contributed by atoms with Crippen LogP contribution in [0, 0.1) is 12.7 Å². The lowest BCUT2D eigenvalue weighted by Crippen LogP contribution is -2.30. The average molecular weight is 344 g/mol. The van der Waals surface area contributed by atoms with Crippen molar-refractivity contribution in [3.05, 3.63) is 41.6 Å². The van der Waals surface area contributed by atoms with Crippen molar-refractivity contribution < 1.29 is 9.18 Å². The molecule has 0 aliphatic carbocycles. The van der Waals surface area contributed by atoms with Gasteiger partial charge < -0.3 is 15.5 Å². The van der Waals surface area contributed by atoms with Crippen LogP contribution in [0.1, 0.15) is 28.9 Å². The summed E-state index contributed by atoms with van der Waals surface area (Å²) >= 11 is 0. The first-order valence-electron chi connectivity index (χ1n) is 8.36. The molecule has 2 aromatic heterocycles. The molecule has 0 atom stereocenters. The molecule has 8 heteroatoms. The SMILES string of the molecule is Cc1cc(N2CCCC2)nc(NCCNC(=O)c2ccncc2F)n1. The fourth-order valence-electron chi connectivity index (χ4n) is 2.74. The Morgan fingerprint density at radius 3 is 2.84 bits per heavy atom. The second-order valence-electron chi connectivity index (χ2n) is 5.92. The largest absolute Gasteiger partial charge is 0.356 e. The highest BCUT2D eigenvalue weighted by Crippen LogP contribution is 2.19. The lowest BCUT2D eigenvalue weighted by Gasteiger charge is -2.17. The third kappa shape index (κ3) is 4.40. The normalized spacial score (nSPS) is 13.8. The van der Waals surface area contributed by atoms with Crippen LogP contribution in [0.15, 0.2) is 24.5 Å². The first-order chi connectivity index (χ1) is 12.1. The summed E-state index contributed by atoms with van der Waals surface area (Å²) in [4.78, 5) is 26.7. The van der Waals surface area contributed by atoms with Crippen molar-refractivity contribution in [1.82, 2.24) is 20.3 Å². The lowest BCUT2D eigenvalue weighted by molar-refractivity contribution is 0.0951. The molecular formula is C17H21FN6O. The Kier molecular flexibility index (Phi) is 5.37. The van der Waals surface area contributed by atoms with Crippen LogP contribution in [0.2, 0.25) is 0 Å². The number of hydrogen-bond acceptors (Lipinski definition) is 6. The molecule has 3 heterocycles. The zero-order valence-electron chi connectivity index (χ0n) is 14.1. The number of halogens is 1. The Morgan fingerprint density at radius 2 is 2.08 bits per heavy atom. The number of rotatable bonds is 6. The molecule has 1 amide bonds. The summed E-state index contributed by atoms with van der Waals surface area (Å²) in [5, 5.41) is 5.76. The smallest absolute Gasteiger partial charge is 0.254 e. The number of carbonyl (C=O) groups excluding carboxylic acids is 1. The van der Waals surface area contributed by atoms with E-state index in [2.05, 4.69) is 30.5 Å². The monoisotopic (exact) mass is 344 g/mol. The topological polar surface area (TPSA) is 83.0 Å². The van der Waals surface area contributed by atoms with Gasteiger partial charge in [-0.1, -0.05) is 0 Å². The minimum atomic E-state index is -0.634. The molecule has 1 fully saturated rings. The number of nitrogens with zero attached hydrogens (tertiary/aromatic N) is 4. The van der Waals surface area contributed by atoms with Gasteiger partial charge in [-0.3, -0.25) is 9.78 Å². The van der Waals surface area contributed by atoms with E-state index >= 15 is 0 Å².